The number of hydrogen-bond donors (Lipinski definition) is 2. The monoisotopic (exact) mass is 199 g/mol. The topological polar surface area (TPSA) is 49.3 Å². The Morgan fingerprint density at radius 1 is 1.38 bits per heavy atom. The third kappa shape index (κ3) is 2.21. The van der Waals surface area contributed by atoms with Gasteiger partial charge in [0.2, 0.25) is 0 Å². The number of nitrogens with one attached hydrogen (secondary N) is 1. The fraction of sp³-hybridized carbons (Fsp3) is 0.444. The minimum absolute atomic E-state index is 0.417. The molecule has 0 saturated carbocycles. The quantitative estimate of drug-likeness (QED) is 0.768. The van der Waals surface area contributed by atoms with Crippen LogP contribution in [0.5, 0.6) is 0 Å². The van der Waals surface area contributed by atoms with Gasteiger partial charge in [-0.25, -0.2) is 4.79 Å². The van der Waals surface area contributed by atoms with Crippen molar-refractivity contribution in [2.45, 2.75) is 27.3 Å². The van der Waals surface area contributed by atoms with Gasteiger partial charge in [0.1, 0.15) is 0 Å². The Balaban J connectivity index is 2.78. The van der Waals surface area contributed by atoms with Crippen molar-refractivity contribution in [1.29, 1.82) is 0 Å². The number of carbonyl (C=O) groups is 1. The summed E-state index contributed by atoms with van der Waals surface area (Å²) in [6.45, 7) is 6.56. The summed E-state index contributed by atoms with van der Waals surface area (Å²) >= 11 is 1.66. The molecule has 1 aromatic rings. The molecule has 1 heterocycles. The number of aryl methyl sites for hydroxylation is 1. The summed E-state index contributed by atoms with van der Waals surface area (Å²) in [5.41, 5.74) is 2.48. The van der Waals surface area contributed by atoms with Crippen LogP contribution in [0, 0.1) is 20.8 Å². The van der Waals surface area contributed by atoms with Crippen molar-refractivity contribution >= 4 is 17.4 Å². The van der Waals surface area contributed by atoms with Gasteiger partial charge < -0.3 is 10.4 Å². The van der Waals surface area contributed by atoms with E-state index in [1.165, 1.54) is 16.0 Å². The van der Waals surface area contributed by atoms with Crippen molar-refractivity contribution < 1.29 is 9.90 Å². The van der Waals surface area contributed by atoms with Crippen LogP contribution in [0.3, 0.4) is 0 Å². The fourth-order valence-corrected chi connectivity index (χ4v) is 2.26. The molecule has 3 nitrogen and oxygen atoms in total. The van der Waals surface area contributed by atoms with Gasteiger partial charge >= 0.3 is 6.09 Å². The highest BCUT2D eigenvalue weighted by Crippen LogP contribution is 2.26. The minimum atomic E-state index is -0.969. The lowest BCUT2D eigenvalue weighted by atomic mass is 10.1. The zero-order chi connectivity index (χ0) is 10.0. The second-order valence-corrected chi connectivity index (χ2v) is 4.30. The molecule has 0 aliphatic carbocycles. The van der Waals surface area contributed by atoms with Crippen molar-refractivity contribution in [2.24, 2.45) is 0 Å². The molecular weight excluding hydrogens is 186 g/mol. The Morgan fingerprint density at radius 2 is 2.00 bits per heavy atom. The second-order valence-electron chi connectivity index (χ2n) is 2.99. The summed E-state index contributed by atoms with van der Waals surface area (Å²) in [5.74, 6) is 0. The molecule has 1 rings (SSSR count). The first kappa shape index (κ1) is 10.1. The van der Waals surface area contributed by atoms with E-state index < -0.39 is 6.09 Å². The summed E-state index contributed by atoms with van der Waals surface area (Å²) in [6.07, 6.45) is -0.969. The molecule has 13 heavy (non-hydrogen) atoms. The van der Waals surface area contributed by atoms with E-state index in [1.807, 2.05) is 6.92 Å². The average Bonchev–Trinajstić information content (AvgIpc) is 2.29. The maximum absolute atomic E-state index is 10.3. The molecule has 0 fully saturated rings. The molecule has 2 N–H and O–H groups in total. The molecule has 0 aliphatic heterocycles. The van der Waals surface area contributed by atoms with E-state index in [-0.39, 0.29) is 0 Å². The molecule has 1 amide bonds. The molecule has 0 atom stereocenters. The van der Waals surface area contributed by atoms with Crippen LogP contribution in [0.25, 0.3) is 0 Å². The average molecular weight is 199 g/mol. The van der Waals surface area contributed by atoms with Gasteiger partial charge in [-0.15, -0.1) is 11.3 Å². The maximum atomic E-state index is 10.3. The summed E-state index contributed by atoms with van der Waals surface area (Å²) in [6, 6.07) is 0. The molecule has 4 heteroatoms. The molecule has 0 radical (unpaired) electrons. The first-order chi connectivity index (χ1) is 6.02. The largest absolute Gasteiger partial charge is 0.465 e. The molecule has 0 unspecified atom stereocenters. The number of hydrogen-bond acceptors (Lipinski definition) is 2. The maximum Gasteiger partial charge on any atom is 0.404 e. The second kappa shape index (κ2) is 3.79. The van der Waals surface area contributed by atoms with Crippen LogP contribution in [0.2, 0.25) is 0 Å². The zero-order valence-corrected chi connectivity index (χ0v) is 8.79. The van der Waals surface area contributed by atoms with Crippen LogP contribution in [0.15, 0.2) is 0 Å². The number of carboxylic acid groups (broad SMARTS) is 1. The molecule has 72 valence electrons. The number of thiophene rings is 1. The van der Waals surface area contributed by atoms with E-state index in [0.717, 1.165) is 4.88 Å². The van der Waals surface area contributed by atoms with Crippen LogP contribution in [-0.2, 0) is 6.54 Å². The molecular formula is C9H13NO2S. The van der Waals surface area contributed by atoms with Gasteiger partial charge in [-0.1, -0.05) is 0 Å². The Labute approximate surface area is 81.4 Å². The first-order valence-electron chi connectivity index (χ1n) is 4.04. The molecule has 0 aliphatic rings. The van der Waals surface area contributed by atoms with E-state index in [0.29, 0.717) is 6.54 Å². The van der Waals surface area contributed by atoms with E-state index in [2.05, 4.69) is 19.2 Å². The smallest absolute Gasteiger partial charge is 0.404 e. The Bertz CT molecular complexity index is 331. The van der Waals surface area contributed by atoms with Gasteiger partial charge in [0.15, 0.2) is 0 Å². The van der Waals surface area contributed by atoms with Crippen LogP contribution < -0.4 is 5.32 Å². The van der Waals surface area contributed by atoms with Gasteiger partial charge in [-0.05, 0) is 31.9 Å². The van der Waals surface area contributed by atoms with Gasteiger partial charge in [0.25, 0.3) is 0 Å². The lowest BCUT2D eigenvalue weighted by Gasteiger charge is -1.99. The molecule has 0 saturated heterocycles. The van der Waals surface area contributed by atoms with Crippen molar-refractivity contribution in [2.75, 3.05) is 0 Å². The van der Waals surface area contributed by atoms with E-state index in [9.17, 15) is 4.79 Å². The summed E-state index contributed by atoms with van der Waals surface area (Å²) in [4.78, 5) is 12.6. The summed E-state index contributed by atoms with van der Waals surface area (Å²) in [5, 5.41) is 10.8. The number of amides is 1. The molecule has 0 aromatic carbocycles. The third-order valence-corrected chi connectivity index (χ3v) is 3.49. The third-order valence-electron chi connectivity index (χ3n) is 2.19. The van der Waals surface area contributed by atoms with Gasteiger partial charge in [0.05, 0.1) is 6.54 Å². The van der Waals surface area contributed by atoms with Crippen molar-refractivity contribution in [3.05, 3.63) is 20.9 Å². The standard InChI is InChI=1S/C9H13NO2S/c1-5-6(2)8(13-7(5)3)4-10-9(11)12/h10H,4H2,1-3H3,(H,11,12). The first-order valence-corrected chi connectivity index (χ1v) is 4.86. The van der Waals surface area contributed by atoms with E-state index in [1.54, 1.807) is 11.3 Å². The van der Waals surface area contributed by atoms with Crippen LogP contribution >= 0.6 is 11.3 Å². The minimum Gasteiger partial charge on any atom is -0.465 e. The van der Waals surface area contributed by atoms with Crippen LogP contribution in [-0.4, -0.2) is 11.2 Å². The van der Waals surface area contributed by atoms with Crippen LogP contribution in [0.4, 0.5) is 4.79 Å². The Kier molecular flexibility index (Phi) is 2.93. The normalized spacial score (nSPS) is 10.1. The van der Waals surface area contributed by atoms with Gasteiger partial charge in [-0.3, -0.25) is 0 Å². The number of rotatable bonds is 2. The van der Waals surface area contributed by atoms with Gasteiger partial charge in [-0.2, -0.15) is 0 Å². The van der Waals surface area contributed by atoms with Crippen LogP contribution in [0.1, 0.15) is 20.9 Å². The Morgan fingerprint density at radius 3 is 2.38 bits per heavy atom. The summed E-state index contributed by atoms with van der Waals surface area (Å²) in [7, 11) is 0. The zero-order valence-electron chi connectivity index (χ0n) is 7.97. The van der Waals surface area contributed by atoms with Crippen molar-refractivity contribution in [3.63, 3.8) is 0 Å². The van der Waals surface area contributed by atoms with E-state index >= 15 is 0 Å². The molecule has 0 bridgehead atoms. The summed E-state index contributed by atoms with van der Waals surface area (Å²) < 4.78 is 0. The predicted molar refractivity (Wildman–Crippen MR) is 53.4 cm³/mol. The van der Waals surface area contributed by atoms with E-state index in [4.69, 9.17) is 5.11 Å². The Hall–Kier alpha value is -1.03. The van der Waals surface area contributed by atoms with Crippen molar-refractivity contribution in [1.82, 2.24) is 5.32 Å². The highest BCUT2D eigenvalue weighted by molar-refractivity contribution is 7.12. The van der Waals surface area contributed by atoms with Crippen molar-refractivity contribution in [3.8, 4) is 0 Å². The lowest BCUT2D eigenvalue weighted by Crippen LogP contribution is -2.19. The lowest BCUT2D eigenvalue weighted by molar-refractivity contribution is 0.194. The molecule has 1 aromatic heterocycles. The highest BCUT2D eigenvalue weighted by Gasteiger charge is 2.08. The fourth-order valence-electron chi connectivity index (χ4n) is 1.14. The highest BCUT2D eigenvalue weighted by atomic mass is 32.1. The SMILES string of the molecule is Cc1sc(CNC(=O)O)c(C)c1C. The van der Waals surface area contributed by atoms with Gasteiger partial charge in [0, 0.05) is 9.75 Å². The molecule has 0 spiro atoms. The predicted octanol–water partition coefficient (Wildman–Crippen LogP) is 2.44.